The number of rotatable bonds is 7. The van der Waals surface area contributed by atoms with E-state index < -0.39 is 0 Å². The highest BCUT2D eigenvalue weighted by molar-refractivity contribution is 7.18. The molecule has 0 bridgehead atoms. The number of amides is 1. The maximum Gasteiger partial charge on any atom is 0.220 e. The number of hydrogen-bond acceptors (Lipinski definition) is 3. The van der Waals surface area contributed by atoms with Crippen molar-refractivity contribution in [3.8, 4) is 0 Å². The van der Waals surface area contributed by atoms with Gasteiger partial charge in [-0.3, -0.25) is 4.79 Å². The predicted molar refractivity (Wildman–Crippen MR) is 116 cm³/mol. The number of thiazole rings is 1. The van der Waals surface area contributed by atoms with E-state index in [0.29, 0.717) is 13.0 Å². The Morgan fingerprint density at radius 1 is 0.857 bits per heavy atom. The highest BCUT2D eigenvalue weighted by Gasteiger charge is 2.18. The fourth-order valence-electron chi connectivity index (χ4n) is 3.39. The van der Waals surface area contributed by atoms with Crippen LogP contribution in [0.2, 0.25) is 0 Å². The first-order valence-electron chi connectivity index (χ1n) is 9.50. The van der Waals surface area contributed by atoms with E-state index >= 15 is 0 Å². The zero-order chi connectivity index (χ0) is 19.2. The summed E-state index contributed by atoms with van der Waals surface area (Å²) < 4.78 is 1.19. The van der Waals surface area contributed by atoms with Crippen molar-refractivity contribution < 1.29 is 4.79 Å². The third-order valence-electron chi connectivity index (χ3n) is 4.79. The maximum absolute atomic E-state index is 12.6. The van der Waals surface area contributed by atoms with E-state index in [2.05, 4.69) is 40.6 Å². The van der Waals surface area contributed by atoms with Crippen molar-refractivity contribution in [3.63, 3.8) is 0 Å². The summed E-state index contributed by atoms with van der Waals surface area (Å²) in [6.07, 6.45) is 1.19. The summed E-state index contributed by atoms with van der Waals surface area (Å²) in [6, 6.07) is 28.6. The molecular formula is C24H22N2OS. The van der Waals surface area contributed by atoms with Crippen LogP contribution in [0, 0.1) is 0 Å². The second kappa shape index (κ2) is 8.81. The Labute approximate surface area is 169 Å². The molecule has 1 aromatic heterocycles. The van der Waals surface area contributed by atoms with Crippen molar-refractivity contribution in [1.29, 1.82) is 0 Å². The number of benzene rings is 3. The average Bonchev–Trinajstić information content (AvgIpc) is 3.16. The number of hydrogen-bond donors (Lipinski definition) is 1. The van der Waals surface area contributed by atoms with Crippen LogP contribution in [0.25, 0.3) is 10.2 Å². The Kier molecular flexibility index (Phi) is 5.78. The zero-order valence-electron chi connectivity index (χ0n) is 15.5. The van der Waals surface area contributed by atoms with Crippen LogP contribution in [0.5, 0.6) is 0 Å². The quantitative estimate of drug-likeness (QED) is 0.476. The Bertz CT molecular complexity index is 971. The number of nitrogens with zero attached hydrogens (tertiary/aromatic N) is 1. The molecule has 3 aromatic carbocycles. The molecule has 0 spiro atoms. The van der Waals surface area contributed by atoms with E-state index in [1.54, 1.807) is 11.3 Å². The zero-order valence-corrected chi connectivity index (χ0v) is 16.4. The van der Waals surface area contributed by atoms with Crippen molar-refractivity contribution in [1.82, 2.24) is 10.3 Å². The highest BCUT2D eigenvalue weighted by Crippen LogP contribution is 2.27. The molecule has 1 heterocycles. The van der Waals surface area contributed by atoms with Gasteiger partial charge < -0.3 is 5.32 Å². The maximum atomic E-state index is 12.6. The number of carbonyl (C=O) groups is 1. The van der Waals surface area contributed by atoms with E-state index in [4.69, 9.17) is 0 Å². The summed E-state index contributed by atoms with van der Waals surface area (Å²) in [4.78, 5) is 17.3. The van der Waals surface area contributed by atoms with Gasteiger partial charge in [-0.25, -0.2) is 4.98 Å². The van der Waals surface area contributed by atoms with Crippen LogP contribution in [-0.2, 0) is 11.2 Å². The lowest BCUT2D eigenvalue weighted by Gasteiger charge is -2.17. The Morgan fingerprint density at radius 3 is 2.11 bits per heavy atom. The number of fused-ring (bicyclic) bond motifs is 1. The second-order valence-electron chi connectivity index (χ2n) is 6.75. The van der Waals surface area contributed by atoms with E-state index in [0.717, 1.165) is 28.1 Å². The van der Waals surface area contributed by atoms with Crippen LogP contribution >= 0.6 is 11.3 Å². The average molecular weight is 387 g/mol. The van der Waals surface area contributed by atoms with Gasteiger partial charge in [0.25, 0.3) is 0 Å². The largest absolute Gasteiger partial charge is 0.356 e. The number of carbonyl (C=O) groups excluding carboxylic acids is 1. The van der Waals surface area contributed by atoms with E-state index in [9.17, 15) is 4.79 Å². The van der Waals surface area contributed by atoms with Gasteiger partial charge in [0.2, 0.25) is 5.91 Å². The minimum absolute atomic E-state index is 0.0600. The van der Waals surface area contributed by atoms with Crippen LogP contribution in [0.3, 0.4) is 0 Å². The molecule has 3 nitrogen and oxygen atoms in total. The Balaban J connectivity index is 1.39. The molecule has 140 valence electrons. The molecule has 1 amide bonds. The van der Waals surface area contributed by atoms with Crippen molar-refractivity contribution >= 4 is 27.5 Å². The van der Waals surface area contributed by atoms with Gasteiger partial charge in [-0.15, -0.1) is 11.3 Å². The summed E-state index contributed by atoms with van der Waals surface area (Å²) in [5.41, 5.74) is 3.35. The lowest BCUT2D eigenvalue weighted by atomic mass is 9.88. The number of para-hydroxylation sites is 1. The minimum atomic E-state index is 0.0600. The molecule has 0 aliphatic heterocycles. The lowest BCUT2D eigenvalue weighted by molar-refractivity contribution is -0.121. The molecule has 4 heteroatoms. The topological polar surface area (TPSA) is 42.0 Å². The molecular weight excluding hydrogens is 364 g/mol. The summed E-state index contributed by atoms with van der Waals surface area (Å²) in [6.45, 7) is 0.606. The molecule has 0 saturated heterocycles. The molecule has 28 heavy (non-hydrogen) atoms. The fraction of sp³-hybridized carbons (Fsp3) is 0.167. The monoisotopic (exact) mass is 386 g/mol. The Hall–Kier alpha value is -2.98. The van der Waals surface area contributed by atoms with Crippen LogP contribution in [0.15, 0.2) is 84.9 Å². The predicted octanol–water partition coefficient (Wildman–Crippen LogP) is 5.18. The molecule has 0 atom stereocenters. The minimum Gasteiger partial charge on any atom is -0.356 e. The van der Waals surface area contributed by atoms with E-state index in [1.807, 2.05) is 54.6 Å². The molecule has 1 N–H and O–H groups in total. The summed E-state index contributed by atoms with van der Waals surface area (Å²) in [7, 11) is 0. The molecule has 0 saturated carbocycles. The number of nitrogens with one attached hydrogen (secondary N) is 1. The van der Waals surface area contributed by atoms with Crippen LogP contribution in [0.1, 0.15) is 28.5 Å². The SMILES string of the molecule is O=C(CC(c1ccccc1)c1ccccc1)NCCc1nc2ccccc2s1. The van der Waals surface area contributed by atoms with Crippen LogP contribution in [-0.4, -0.2) is 17.4 Å². The molecule has 0 aliphatic rings. The first-order chi connectivity index (χ1) is 13.8. The van der Waals surface area contributed by atoms with Gasteiger partial charge in [-0.05, 0) is 23.3 Å². The van der Waals surface area contributed by atoms with Crippen LogP contribution in [0.4, 0.5) is 0 Å². The first kappa shape index (κ1) is 18.4. The van der Waals surface area contributed by atoms with Gasteiger partial charge in [-0.1, -0.05) is 72.8 Å². The molecule has 0 unspecified atom stereocenters. The lowest BCUT2D eigenvalue weighted by Crippen LogP contribution is -2.27. The highest BCUT2D eigenvalue weighted by atomic mass is 32.1. The van der Waals surface area contributed by atoms with E-state index in [1.165, 1.54) is 4.70 Å². The molecule has 0 radical (unpaired) electrons. The Morgan fingerprint density at radius 2 is 1.46 bits per heavy atom. The van der Waals surface area contributed by atoms with Gasteiger partial charge in [0.1, 0.15) is 0 Å². The molecule has 4 aromatic rings. The van der Waals surface area contributed by atoms with Crippen LogP contribution < -0.4 is 5.32 Å². The summed E-state index contributed by atoms with van der Waals surface area (Å²) >= 11 is 1.69. The van der Waals surface area contributed by atoms with Gasteiger partial charge >= 0.3 is 0 Å². The smallest absolute Gasteiger partial charge is 0.220 e. The fourth-order valence-corrected chi connectivity index (χ4v) is 4.36. The molecule has 0 fully saturated rings. The van der Waals surface area contributed by atoms with Crippen molar-refractivity contribution in [2.75, 3.05) is 6.54 Å². The summed E-state index contributed by atoms with van der Waals surface area (Å²) in [5, 5.41) is 4.13. The van der Waals surface area contributed by atoms with Crippen molar-refractivity contribution in [2.45, 2.75) is 18.8 Å². The second-order valence-corrected chi connectivity index (χ2v) is 7.87. The van der Waals surface area contributed by atoms with Gasteiger partial charge in [0.05, 0.1) is 15.2 Å². The van der Waals surface area contributed by atoms with Crippen molar-refractivity contribution in [2.24, 2.45) is 0 Å². The van der Waals surface area contributed by atoms with Gasteiger partial charge in [-0.2, -0.15) is 0 Å². The molecule has 4 rings (SSSR count). The normalized spacial score (nSPS) is 11.0. The standard InChI is InChI=1S/C24H22N2OS/c27-23(25-16-15-24-26-21-13-7-8-14-22(21)28-24)17-20(18-9-3-1-4-10-18)19-11-5-2-6-12-19/h1-14,20H,15-17H2,(H,25,27). The van der Waals surface area contributed by atoms with Gasteiger partial charge in [0.15, 0.2) is 0 Å². The van der Waals surface area contributed by atoms with E-state index in [-0.39, 0.29) is 11.8 Å². The van der Waals surface area contributed by atoms with Crippen molar-refractivity contribution in [3.05, 3.63) is 101 Å². The number of aromatic nitrogens is 1. The molecule has 0 aliphatic carbocycles. The third kappa shape index (κ3) is 4.46. The van der Waals surface area contributed by atoms with Gasteiger partial charge in [0, 0.05) is 25.3 Å². The summed E-state index contributed by atoms with van der Waals surface area (Å²) in [5.74, 6) is 0.128. The third-order valence-corrected chi connectivity index (χ3v) is 5.89. The first-order valence-corrected chi connectivity index (χ1v) is 10.3.